The quantitative estimate of drug-likeness (QED) is 0.135. The molecule has 28 heavy (non-hydrogen) atoms. The first kappa shape index (κ1) is 26.8. The third kappa shape index (κ3) is 15.8. The zero-order chi connectivity index (χ0) is 21.2. The van der Waals surface area contributed by atoms with Gasteiger partial charge in [0, 0.05) is 12.3 Å². The van der Waals surface area contributed by atoms with Crippen LogP contribution in [0.15, 0.2) is 23.8 Å². The molecule has 0 aliphatic rings. The van der Waals surface area contributed by atoms with Crippen molar-refractivity contribution in [2.45, 2.75) is 118 Å². The maximum atomic E-state index is 12.2. The molecule has 0 spiro atoms. The number of carbonyl (C=O) groups excluding carboxylic acids is 2. The van der Waals surface area contributed by atoms with Crippen molar-refractivity contribution in [1.29, 1.82) is 0 Å². The number of ketones is 2. The van der Waals surface area contributed by atoms with E-state index < -0.39 is 0 Å². The summed E-state index contributed by atoms with van der Waals surface area (Å²) in [5, 5.41) is 0. The first-order valence-electron chi connectivity index (χ1n) is 11.7. The third-order valence-corrected chi connectivity index (χ3v) is 5.46. The monoisotopic (exact) mass is 390 g/mol. The Labute approximate surface area is 175 Å². The van der Waals surface area contributed by atoms with Crippen molar-refractivity contribution in [3.05, 3.63) is 23.8 Å². The molecule has 2 heteroatoms. The fraction of sp³-hybridized carbons (Fsp3) is 0.769. The molecule has 0 aromatic carbocycles. The van der Waals surface area contributed by atoms with Gasteiger partial charge in [-0.2, -0.15) is 0 Å². The van der Waals surface area contributed by atoms with Crippen LogP contribution in [0.4, 0.5) is 0 Å². The fourth-order valence-electron chi connectivity index (χ4n) is 3.43. The number of hydrogen-bond acceptors (Lipinski definition) is 2. The van der Waals surface area contributed by atoms with Crippen LogP contribution in [0.25, 0.3) is 0 Å². The highest BCUT2D eigenvalue weighted by molar-refractivity contribution is 6.38. The van der Waals surface area contributed by atoms with Crippen molar-refractivity contribution in [1.82, 2.24) is 0 Å². The van der Waals surface area contributed by atoms with E-state index in [1.54, 1.807) is 0 Å². The van der Waals surface area contributed by atoms with Gasteiger partial charge in [-0.1, -0.05) is 89.5 Å². The van der Waals surface area contributed by atoms with E-state index in [0.29, 0.717) is 5.92 Å². The van der Waals surface area contributed by atoms with Gasteiger partial charge in [0.2, 0.25) is 11.6 Å². The molecule has 0 saturated heterocycles. The highest BCUT2D eigenvalue weighted by atomic mass is 16.2. The van der Waals surface area contributed by atoms with Gasteiger partial charge in [0.1, 0.15) is 0 Å². The molecule has 0 saturated carbocycles. The van der Waals surface area contributed by atoms with Crippen molar-refractivity contribution in [2.24, 2.45) is 11.8 Å². The van der Waals surface area contributed by atoms with Gasteiger partial charge in [0.05, 0.1) is 0 Å². The summed E-state index contributed by atoms with van der Waals surface area (Å²) in [4.78, 5) is 24.3. The zero-order valence-corrected chi connectivity index (χ0v) is 19.4. The van der Waals surface area contributed by atoms with Gasteiger partial charge in [-0.15, -0.1) is 0 Å². The van der Waals surface area contributed by atoms with E-state index in [9.17, 15) is 9.59 Å². The summed E-state index contributed by atoms with van der Waals surface area (Å²) in [6.07, 6.45) is 20.6. The lowest BCUT2D eigenvalue weighted by atomic mass is 9.92. The van der Waals surface area contributed by atoms with Crippen molar-refractivity contribution in [3.8, 4) is 0 Å². The first-order valence-corrected chi connectivity index (χ1v) is 11.7. The van der Waals surface area contributed by atoms with E-state index in [1.807, 2.05) is 13.0 Å². The Morgan fingerprint density at radius 2 is 1.46 bits per heavy atom. The molecule has 162 valence electrons. The molecule has 0 rings (SSSR count). The lowest BCUT2D eigenvalue weighted by molar-refractivity contribution is -0.138. The molecule has 0 bridgehead atoms. The van der Waals surface area contributed by atoms with Crippen LogP contribution in [0, 0.1) is 11.8 Å². The van der Waals surface area contributed by atoms with Gasteiger partial charge >= 0.3 is 0 Å². The van der Waals surface area contributed by atoms with Gasteiger partial charge in [-0.25, -0.2) is 0 Å². The number of carbonyl (C=O) groups is 2. The van der Waals surface area contributed by atoms with E-state index in [2.05, 4.69) is 39.8 Å². The molecule has 0 N–H and O–H groups in total. The van der Waals surface area contributed by atoms with E-state index in [4.69, 9.17) is 0 Å². The molecule has 0 aromatic rings. The number of hydrogen-bond donors (Lipinski definition) is 0. The minimum Gasteiger partial charge on any atom is -0.291 e. The first-order chi connectivity index (χ1) is 13.4. The van der Waals surface area contributed by atoms with Crippen molar-refractivity contribution >= 4 is 11.6 Å². The van der Waals surface area contributed by atoms with E-state index in [1.165, 1.54) is 50.5 Å². The number of Topliss-reactive ketones (excluding diaryl/α,β-unsaturated/α-hetero) is 2. The Kier molecular flexibility index (Phi) is 17.1. The third-order valence-electron chi connectivity index (χ3n) is 5.46. The molecule has 2 atom stereocenters. The van der Waals surface area contributed by atoms with Crippen LogP contribution in [0.5, 0.6) is 0 Å². The molecule has 0 amide bonds. The van der Waals surface area contributed by atoms with Gasteiger partial charge in [-0.05, 0) is 51.9 Å². The number of rotatable bonds is 18. The van der Waals surface area contributed by atoms with Gasteiger partial charge in [-0.3, -0.25) is 9.59 Å². The SMILES string of the molecule is CCCCCCCCC=CCC(=O)C(=O)C(C)CCCC(C)CCC=C(C)C. The van der Waals surface area contributed by atoms with Crippen LogP contribution in [0.3, 0.4) is 0 Å². The minimum absolute atomic E-state index is 0.135. The van der Waals surface area contributed by atoms with Gasteiger partial charge < -0.3 is 0 Å². The van der Waals surface area contributed by atoms with Crippen LogP contribution in [0.2, 0.25) is 0 Å². The fourth-order valence-corrected chi connectivity index (χ4v) is 3.43. The molecule has 0 heterocycles. The Morgan fingerprint density at radius 1 is 0.786 bits per heavy atom. The molecule has 2 unspecified atom stereocenters. The summed E-state index contributed by atoms with van der Waals surface area (Å²) in [6, 6.07) is 0. The average Bonchev–Trinajstić information content (AvgIpc) is 2.65. The predicted molar refractivity (Wildman–Crippen MR) is 123 cm³/mol. The second kappa shape index (κ2) is 17.9. The minimum atomic E-state index is -0.219. The second-order valence-corrected chi connectivity index (χ2v) is 8.82. The topological polar surface area (TPSA) is 34.1 Å². The Bertz CT molecular complexity index is 469. The van der Waals surface area contributed by atoms with E-state index >= 15 is 0 Å². The van der Waals surface area contributed by atoms with E-state index in [-0.39, 0.29) is 23.9 Å². The number of unbranched alkanes of at least 4 members (excludes halogenated alkanes) is 6. The second-order valence-electron chi connectivity index (χ2n) is 8.82. The smallest absolute Gasteiger partial charge is 0.202 e. The maximum Gasteiger partial charge on any atom is 0.202 e. The molecular formula is C26H46O2. The van der Waals surface area contributed by atoms with Crippen molar-refractivity contribution in [3.63, 3.8) is 0 Å². The molecule has 0 aliphatic carbocycles. The van der Waals surface area contributed by atoms with Crippen molar-refractivity contribution < 1.29 is 9.59 Å². The van der Waals surface area contributed by atoms with Gasteiger partial charge in [0.15, 0.2) is 0 Å². The Morgan fingerprint density at radius 3 is 2.14 bits per heavy atom. The van der Waals surface area contributed by atoms with Crippen molar-refractivity contribution in [2.75, 3.05) is 0 Å². The van der Waals surface area contributed by atoms with E-state index in [0.717, 1.165) is 32.1 Å². The van der Waals surface area contributed by atoms with Gasteiger partial charge in [0.25, 0.3) is 0 Å². The Hall–Kier alpha value is -1.18. The predicted octanol–water partition coefficient (Wildman–Crippen LogP) is 8.01. The standard InChI is InChI=1S/C26H46O2/c1-6-7-8-9-10-11-12-13-14-21-25(27)26(28)24(5)20-16-19-23(4)18-15-17-22(2)3/h13-14,17,23-24H,6-12,15-16,18-21H2,1-5H3. The molecule has 0 aromatic heterocycles. The summed E-state index contributed by atoms with van der Waals surface area (Å²) in [5.74, 6) is 0.146. The van der Waals surface area contributed by atoms with Crippen LogP contribution in [0.1, 0.15) is 118 Å². The summed E-state index contributed by atoms with van der Waals surface area (Å²) >= 11 is 0. The molecule has 0 aliphatic heterocycles. The molecular weight excluding hydrogens is 344 g/mol. The molecule has 0 radical (unpaired) electrons. The normalized spacial score (nSPS) is 13.5. The largest absolute Gasteiger partial charge is 0.291 e. The molecule has 0 fully saturated rings. The summed E-state index contributed by atoms with van der Waals surface area (Å²) in [7, 11) is 0. The van der Waals surface area contributed by atoms with Crippen LogP contribution < -0.4 is 0 Å². The average molecular weight is 391 g/mol. The highest BCUT2D eigenvalue weighted by Gasteiger charge is 2.19. The zero-order valence-electron chi connectivity index (χ0n) is 19.4. The lowest BCUT2D eigenvalue weighted by Gasteiger charge is -2.12. The highest BCUT2D eigenvalue weighted by Crippen LogP contribution is 2.18. The summed E-state index contributed by atoms with van der Waals surface area (Å²) in [5.41, 5.74) is 1.38. The van der Waals surface area contributed by atoms with Crippen LogP contribution in [-0.4, -0.2) is 11.6 Å². The van der Waals surface area contributed by atoms with Crippen LogP contribution in [-0.2, 0) is 9.59 Å². The number of allylic oxidation sites excluding steroid dienone is 4. The Balaban J connectivity index is 3.85. The lowest BCUT2D eigenvalue weighted by Crippen LogP contribution is -2.21. The molecule has 2 nitrogen and oxygen atoms in total. The summed E-state index contributed by atoms with van der Waals surface area (Å²) in [6.45, 7) is 10.7. The summed E-state index contributed by atoms with van der Waals surface area (Å²) < 4.78 is 0. The van der Waals surface area contributed by atoms with Crippen LogP contribution >= 0.6 is 0 Å². The maximum absolute atomic E-state index is 12.2.